The average molecular weight is 270 g/mol. The summed E-state index contributed by atoms with van der Waals surface area (Å²) in [6.45, 7) is 3.64. The van der Waals surface area contributed by atoms with Crippen molar-refractivity contribution in [2.24, 2.45) is 5.92 Å². The van der Waals surface area contributed by atoms with E-state index in [1.165, 1.54) is 12.5 Å². The van der Waals surface area contributed by atoms with Gasteiger partial charge in [0, 0.05) is 5.41 Å². The van der Waals surface area contributed by atoms with Crippen molar-refractivity contribution in [1.82, 2.24) is 5.32 Å². The van der Waals surface area contributed by atoms with Gasteiger partial charge in [0.1, 0.15) is 5.82 Å². The van der Waals surface area contributed by atoms with Gasteiger partial charge >= 0.3 is 0 Å². The van der Waals surface area contributed by atoms with E-state index in [-0.39, 0.29) is 16.3 Å². The van der Waals surface area contributed by atoms with Gasteiger partial charge in [-0.05, 0) is 49.5 Å². The predicted octanol–water partition coefficient (Wildman–Crippen LogP) is 2.75. The predicted molar refractivity (Wildman–Crippen MR) is 69.5 cm³/mol. The van der Waals surface area contributed by atoms with Crippen molar-refractivity contribution < 1.29 is 9.13 Å². The lowest BCUT2D eigenvalue weighted by Crippen LogP contribution is -2.48. The second-order valence-electron chi connectivity index (χ2n) is 5.46. The van der Waals surface area contributed by atoms with E-state index in [0.29, 0.717) is 5.92 Å². The SMILES string of the molecule is Fc1ccc(C2(CC3CCNC3)COC2)cc1Cl. The summed E-state index contributed by atoms with van der Waals surface area (Å²) >= 11 is 5.89. The fourth-order valence-corrected chi connectivity index (χ4v) is 3.20. The zero-order valence-corrected chi connectivity index (χ0v) is 11.0. The molecule has 2 saturated heterocycles. The van der Waals surface area contributed by atoms with E-state index in [4.69, 9.17) is 16.3 Å². The first-order valence-electron chi connectivity index (χ1n) is 6.44. The smallest absolute Gasteiger partial charge is 0.141 e. The second kappa shape index (κ2) is 4.80. The lowest BCUT2D eigenvalue weighted by atomic mass is 9.72. The first-order valence-corrected chi connectivity index (χ1v) is 6.81. The Morgan fingerprint density at radius 1 is 1.44 bits per heavy atom. The summed E-state index contributed by atoms with van der Waals surface area (Å²) in [5.74, 6) is 0.344. The van der Waals surface area contributed by atoms with Crippen LogP contribution in [-0.4, -0.2) is 26.3 Å². The van der Waals surface area contributed by atoms with Crippen LogP contribution < -0.4 is 5.32 Å². The van der Waals surface area contributed by atoms with Gasteiger partial charge in [-0.2, -0.15) is 0 Å². The Balaban J connectivity index is 1.83. The maximum atomic E-state index is 13.2. The summed E-state index contributed by atoms with van der Waals surface area (Å²) in [7, 11) is 0. The normalized spacial score (nSPS) is 26.0. The molecule has 3 rings (SSSR count). The third-order valence-electron chi connectivity index (χ3n) is 4.13. The van der Waals surface area contributed by atoms with Gasteiger partial charge < -0.3 is 10.1 Å². The van der Waals surface area contributed by atoms with Gasteiger partial charge in [0.2, 0.25) is 0 Å². The molecule has 18 heavy (non-hydrogen) atoms. The Morgan fingerprint density at radius 3 is 2.83 bits per heavy atom. The third kappa shape index (κ3) is 2.15. The molecular weight excluding hydrogens is 253 g/mol. The minimum atomic E-state index is -0.349. The number of rotatable bonds is 3. The number of halogens is 2. The Labute approximate surface area is 111 Å². The molecule has 2 fully saturated rings. The van der Waals surface area contributed by atoms with Crippen LogP contribution in [0.25, 0.3) is 0 Å². The maximum Gasteiger partial charge on any atom is 0.141 e. The molecule has 2 nitrogen and oxygen atoms in total. The Kier molecular flexibility index (Phi) is 3.31. The maximum absolute atomic E-state index is 13.2. The molecule has 0 aromatic heterocycles. The number of benzene rings is 1. The van der Waals surface area contributed by atoms with E-state index < -0.39 is 0 Å². The molecule has 2 aliphatic rings. The van der Waals surface area contributed by atoms with Crippen molar-refractivity contribution in [1.29, 1.82) is 0 Å². The van der Waals surface area contributed by atoms with Gasteiger partial charge in [0.05, 0.1) is 18.2 Å². The molecule has 0 bridgehead atoms. The molecule has 1 unspecified atom stereocenters. The largest absolute Gasteiger partial charge is 0.379 e. The molecule has 0 saturated carbocycles. The number of hydrogen-bond donors (Lipinski definition) is 1. The Bertz CT molecular complexity index is 441. The molecule has 1 N–H and O–H groups in total. The lowest BCUT2D eigenvalue weighted by molar-refractivity contribution is -0.0706. The van der Waals surface area contributed by atoms with Crippen molar-refractivity contribution in [3.05, 3.63) is 34.6 Å². The quantitative estimate of drug-likeness (QED) is 0.911. The lowest BCUT2D eigenvalue weighted by Gasteiger charge is -2.43. The summed E-state index contributed by atoms with van der Waals surface area (Å²) in [5, 5.41) is 3.60. The number of hydrogen-bond acceptors (Lipinski definition) is 2. The van der Waals surface area contributed by atoms with Crippen molar-refractivity contribution >= 4 is 11.6 Å². The summed E-state index contributed by atoms with van der Waals surface area (Å²) in [5.41, 5.74) is 1.17. The van der Waals surface area contributed by atoms with Crippen LogP contribution in [0.5, 0.6) is 0 Å². The van der Waals surface area contributed by atoms with Crippen LogP contribution in [0.1, 0.15) is 18.4 Å². The van der Waals surface area contributed by atoms with Crippen molar-refractivity contribution in [2.75, 3.05) is 26.3 Å². The highest BCUT2D eigenvalue weighted by molar-refractivity contribution is 6.30. The minimum Gasteiger partial charge on any atom is -0.379 e. The van der Waals surface area contributed by atoms with Gasteiger partial charge in [-0.25, -0.2) is 4.39 Å². The number of nitrogens with one attached hydrogen (secondary N) is 1. The standard InChI is InChI=1S/C14H17ClFNO/c15-12-5-11(1-2-13(12)16)14(8-18-9-14)6-10-3-4-17-7-10/h1-2,5,10,17H,3-4,6-9H2. The van der Waals surface area contributed by atoms with Gasteiger partial charge in [0.25, 0.3) is 0 Å². The fourth-order valence-electron chi connectivity index (χ4n) is 3.02. The average Bonchev–Trinajstić information content (AvgIpc) is 2.80. The van der Waals surface area contributed by atoms with Crippen LogP contribution in [0.4, 0.5) is 4.39 Å². The monoisotopic (exact) mass is 269 g/mol. The van der Waals surface area contributed by atoms with Gasteiger partial charge in [-0.3, -0.25) is 0 Å². The van der Waals surface area contributed by atoms with Crippen LogP contribution in [-0.2, 0) is 10.2 Å². The zero-order chi connectivity index (χ0) is 12.6. The molecule has 1 aromatic carbocycles. The summed E-state index contributed by atoms with van der Waals surface area (Å²) < 4.78 is 18.7. The van der Waals surface area contributed by atoms with Crippen molar-refractivity contribution in [3.63, 3.8) is 0 Å². The fraction of sp³-hybridized carbons (Fsp3) is 0.571. The highest BCUT2D eigenvalue weighted by Gasteiger charge is 2.42. The molecule has 98 valence electrons. The van der Waals surface area contributed by atoms with E-state index in [0.717, 1.165) is 38.3 Å². The van der Waals surface area contributed by atoms with Gasteiger partial charge in [-0.15, -0.1) is 0 Å². The summed E-state index contributed by atoms with van der Waals surface area (Å²) in [4.78, 5) is 0. The molecule has 0 radical (unpaired) electrons. The zero-order valence-electron chi connectivity index (χ0n) is 10.2. The summed E-state index contributed by atoms with van der Waals surface area (Å²) in [6.07, 6.45) is 2.32. The second-order valence-corrected chi connectivity index (χ2v) is 5.87. The third-order valence-corrected chi connectivity index (χ3v) is 4.42. The van der Waals surface area contributed by atoms with Crippen LogP contribution in [0, 0.1) is 11.7 Å². The summed E-state index contributed by atoms with van der Waals surface area (Å²) in [6, 6.07) is 5.08. The highest BCUT2D eigenvalue weighted by Crippen LogP contribution is 2.40. The molecule has 2 aliphatic heterocycles. The molecule has 4 heteroatoms. The van der Waals surface area contributed by atoms with E-state index in [9.17, 15) is 4.39 Å². The highest BCUT2D eigenvalue weighted by atomic mass is 35.5. The first kappa shape index (κ1) is 12.4. The molecule has 0 amide bonds. The van der Waals surface area contributed by atoms with E-state index >= 15 is 0 Å². The van der Waals surface area contributed by atoms with Crippen molar-refractivity contribution in [3.8, 4) is 0 Å². The number of ether oxygens (including phenoxy) is 1. The molecule has 0 spiro atoms. The van der Waals surface area contributed by atoms with Crippen LogP contribution in [0.3, 0.4) is 0 Å². The van der Waals surface area contributed by atoms with Crippen LogP contribution >= 0.6 is 11.6 Å². The molecular formula is C14H17ClFNO. The first-order chi connectivity index (χ1) is 8.70. The van der Waals surface area contributed by atoms with Crippen LogP contribution in [0.15, 0.2) is 18.2 Å². The van der Waals surface area contributed by atoms with Crippen LogP contribution in [0.2, 0.25) is 5.02 Å². The van der Waals surface area contributed by atoms with Crippen molar-refractivity contribution in [2.45, 2.75) is 18.3 Å². The van der Waals surface area contributed by atoms with E-state index in [2.05, 4.69) is 5.32 Å². The Morgan fingerprint density at radius 2 is 2.28 bits per heavy atom. The topological polar surface area (TPSA) is 21.3 Å². The molecule has 0 aliphatic carbocycles. The van der Waals surface area contributed by atoms with E-state index in [1.807, 2.05) is 6.07 Å². The van der Waals surface area contributed by atoms with Gasteiger partial charge in [-0.1, -0.05) is 17.7 Å². The minimum absolute atomic E-state index is 0.0496. The Hall–Kier alpha value is -0.640. The molecule has 1 atom stereocenters. The van der Waals surface area contributed by atoms with E-state index in [1.54, 1.807) is 6.07 Å². The molecule has 2 heterocycles. The van der Waals surface area contributed by atoms with Gasteiger partial charge in [0.15, 0.2) is 0 Å². The molecule has 1 aromatic rings.